The van der Waals surface area contributed by atoms with Crippen molar-refractivity contribution in [1.29, 1.82) is 0 Å². The number of esters is 1. The Balaban J connectivity index is 2.35. The first-order chi connectivity index (χ1) is 8.63. The van der Waals surface area contributed by atoms with Gasteiger partial charge in [0.1, 0.15) is 17.5 Å². The molecule has 2 rings (SSSR count). The molecule has 0 unspecified atom stereocenters. The van der Waals surface area contributed by atoms with Gasteiger partial charge in [0.05, 0.1) is 6.20 Å². The van der Waals surface area contributed by atoms with E-state index >= 15 is 0 Å². The van der Waals surface area contributed by atoms with Crippen LogP contribution in [0.1, 0.15) is 17.3 Å². The lowest BCUT2D eigenvalue weighted by atomic mass is 10.3. The largest absolute Gasteiger partial charge is 0.455 e. The normalized spacial score (nSPS) is 12.1. The minimum absolute atomic E-state index is 0.324. The van der Waals surface area contributed by atoms with E-state index in [0.717, 1.165) is 0 Å². The molecule has 0 N–H and O–H groups in total. The van der Waals surface area contributed by atoms with Crippen LogP contribution in [0.4, 0.5) is 0 Å². The molecule has 2 aromatic heterocycles. The van der Waals surface area contributed by atoms with E-state index in [1.54, 1.807) is 24.7 Å². The molecule has 0 aliphatic rings. The molecule has 0 spiro atoms. The van der Waals surface area contributed by atoms with Crippen LogP contribution in [0.3, 0.4) is 0 Å². The highest BCUT2D eigenvalue weighted by molar-refractivity contribution is 5.92. The van der Waals surface area contributed by atoms with Gasteiger partial charge in [-0.3, -0.25) is 4.68 Å². The molecule has 2 heterocycles. The van der Waals surface area contributed by atoms with Crippen molar-refractivity contribution in [2.75, 3.05) is 0 Å². The van der Waals surface area contributed by atoms with Gasteiger partial charge in [0.15, 0.2) is 0 Å². The number of aromatic nitrogens is 3. The second kappa shape index (κ2) is 4.91. The van der Waals surface area contributed by atoms with Gasteiger partial charge < -0.3 is 9.30 Å². The zero-order valence-electron chi connectivity index (χ0n) is 10.4. The Labute approximate surface area is 105 Å². The Kier molecular flexibility index (Phi) is 3.32. The van der Waals surface area contributed by atoms with Crippen molar-refractivity contribution in [2.45, 2.75) is 13.0 Å². The van der Waals surface area contributed by atoms with Gasteiger partial charge in [0, 0.05) is 19.4 Å². The van der Waals surface area contributed by atoms with E-state index in [0.29, 0.717) is 11.4 Å². The summed E-state index contributed by atoms with van der Waals surface area (Å²) in [6.45, 7) is 5.34. The molecule has 94 valence electrons. The van der Waals surface area contributed by atoms with Gasteiger partial charge in [0.25, 0.3) is 0 Å². The maximum atomic E-state index is 12.0. The lowest BCUT2D eigenvalue weighted by Gasteiger charge is -2.10. The van der Waals surface area contributed by atoms with E-state index < -0.39 is 5.97 Å². The molecule has 0 bridgehead atoms. The fourth-order valence-corrected chi connectivity index (χ4v) is 1.64. The second-order valence-corrected chi connectivity index (χ2v) is 3.94. The van der Waals surface area contributed by atoms with Crippen molar-refractivity contribution in [1.82, 2.24) is 14.3 Å². The van der Waals surface area contributed by atoms with Gasteiger partial charge in [-0.05, 0) is 19.1 Å². The van der Waals surface area contributed by atoms with Crippen LogP contribution in [0.5, 0.6) is 0 Å². The predicted molar refractivity (Wildman–Crippen MR) is 67.6 cm³/mol. The van der Waals surface area contributed by atoms with Crippen molar-refractivity contribution < 1.29 is 9.53 Å². The molecule has 0 aliphatic heterocycles. The molecule has 0 aliphatic carbocycles. The van der Waals surface area contributed by atoms with Gasteiger partial charge >= 0.3 is 5.97 Å². The number of aryl methyl sites for hydroxylation is 1. The number of ether oxygens (including phenoxy) is 1. The number of nitrogens with zero attached hydrogens (tertiary/aromatic N) is 3. The van der Waals surface area contributed by atoms with Crippen molar-refractivity contribution in [3.63, 3.8) is 0 Å². The van der Waals surface area contributed by atoms with E-state index in [-0.39, 0.29) is 6.10 Å². The van der Waals surface area contributed by atoms with Crippen LogP contribution < -0.4 is 0 Å². The van der Waals surface area contributed by atoms with Crippen LogP contribution in [0.25, 0.3) is 5.82 Å². The van der Waals surface area contributed by atoms with Gasteiger partial charge in [-0.1, -0.05) is 12.7 Å². The summed E-state index contributed by atoms with van der Waals surface area (Å²) in [6.07, 6.45) is 6.46. The summed E-state index contributed by atoms with van der Waals surface area (Å²) in [6, 6.07) is 3.77. The van der Waals surface area contributed by atoms with E-state index in [9.17, 15) is 4.79 Å². The lowest BCUT2D eigenvalue weighted by Crippen LogP contribution is -2.14. The third-order valence-electron chi connectivity index (χ3n) is 2.60. The molecular formula is C13H15N3O2. The predicted octanol–water partition coefficient (Wildman–Crippen LogP) is 1.94. The zero-order valence-corrected chi connectivity index (χ0v) is 10.4. The number of rotatable bonds is 4. The number of hydrogen-bond donors (Lipinski definition) is 0. The third kappa shape index (κ3) is 2.20. The van der Waals surface area contributed by atoms with Gasteiger partial charge in [-0.25, -0.2) is 4.79 Å². The molecule has 5 nitrogen and oxygen atoms in total. The molecule has 1 atom stereocenters. The molecule has 0 saturated carbocycles. The molecule has 2 aromatic rings. The summed E-state index contributed by atoms with van der Waals surface area (Å²) in [5.41, 5.74) is 0.433. The molecule has 0 aromatic carbocycles. The zero-order chi connectivity index (χ0) is 13.1. The summed E-state index contributed by atoms with van der Waals surface area (Å²) in [5.74, 6) is 0.278. The average Bonchev–Trinajstić information content (AvgIpc) is 2.97. The minimum atomic E-state index is -0.404. The Morgan fingerprint density at radius 2 is 2.17 bits per heavy atom. The first kappa shape index (κ1) is 12.2. The fraction of sp³-hybridized carbons (Fsp3) is 0.231. The Morgan fingerprint density at radius 1 is 1.50 bits per heavy atom. The number of carbonyl (C=O) groups excluding carboxylic acids is 1. The molecule has 0 amide bonds. The van der Waals surface area contributed by atoms with Crippen molar-refractivity contribution >= 4 is 5.97 Å². The molecule has 0 radical (unpaired) electrons. The summed E-state index contributed by atoms with van der Waals surface area (Å²) in [5, 5.41) is 4.10. The third-order valence-corrected chi connectivity index (χ3v) is 2.60. The highest BCUT2D eigenvalue weighted by Crippen LogP contribution is 2.15. The monoisotopic (exact) mass is 245 g/mol. The summed E-state index contributed by atoms with van der Waals surface area (Å²) in [4.78, 5) is 12.0. The SMILES string of the molecule is C=C[C@@H](C)OC(=O)c1cnn(C)c1-n1cccc1. The van der Waals surface area contributed by atoms with Crippen LogP contribution in [-0.2, 0) is 11.8 Å². The van der Waals surface area contributed by atoms with Crippen LogP contribution in [0.15, 0.2) is 43.4 Å². The number of hydrogen-bond acceptors (Lipinski definition) is 3. The van der Waals surface area contributed by atoms with E-state index in [4.69, 9.17) is 4.74 Å². The van der Waals surface area contributed by atoms with Crippen molar-refractivity contribution in [3.05, 3.63) is 48.9 Å². The molecular weight excluding hydrogens is 230 g/mol. The summed E-state index contributed by atoms with van der Waals surface area (Å²) < 4.78 is 8.67. The van der Waals surface area contributed by atoms with Gasteiger partial charge in [-0.15, -0.1) is 0 Å². The molecule has 0 fully saturated rings. The van der Waals surface area contributed by atoms with Gasteiger partial charge in [0.2, 0.25) is 0 Å². The topological polar surface area (TPSA) is 49.0 Å². The van der Waals surface area contributed by atoms with Crippen LogP contribution in [0, 0.1) is 0 Å². The van der Waals surface area contributed by atoms with Crippen molar-refractivity contribution in [2.24, 2.45) is 7.05 Å². The maximum Gasteiger partial charge on any atom is 0.344 e. The molecule has 18 heavy (non-hydrogen) atoms. The quantitative estimate of drug-likeness (QED) is 0.611. The second-order valence-electron chi connectivity index (χ2n) is 3.94. The lowest BCUT2D eigenvalue weighted by molar-refractivity contribution is 0.0425. The maximum absolute atomic E-state index is 12.0. The average molecular weight is 245 g/mol. The van der Waals surface area contributed by atoms with E-state index in [1.807, 2.05) is 29.1 Å². The summed E-state index contributed by atoms with van der Waals surface area (Å²) in [7, 11) is 1.78. The highest BCUT2D eigenvalue weighted by atomic mass is 16.5. The van der Waals surface area contributed by atoms with Crippen molar-refractivity contribution in [3.8, 4) is 5.82 Å². The minimum Gasteiger partial charge on any atom is -0.455 e. The van der Waals surface area contributed by atoms with Crippen LogP contribution in [-0.4, -0.2) is 26.4 Å². The standard InChI is InChI=1S/C13H15N3O2/c1-4-10(2)18-13(17)11-9-14-15(3)12(11)16-7-5-6-8-16/h4-10H,1H2,2-3H3/t10-/m1/s1. The first-order valence-corrected chi connectivity index (χ1v) is 5.62. The Bertz CT molecular complexity index is 555. The molecule has 5 heteroatoms. The van der Waals surface area contributed by atoms with E-state index in [2.05, 4.69) is 11.7 Å². The Morgan fingerprint density at radius 3 is 2.78 bits per heavy atom. The summed E-state index contributed by atoms with van der Waals surface area (Å²) >= 11 is 0. The van der Waals surface area contributed by atoms with Crippen LogP contribution >= 0.6 is 0 Å². The number of carbonyl (C=O) groups is 1. The van der Waals surface area contributed by atoms with Gasteiger partial charge in [-0.2, -0.15) is 5.10 Å². The van der Waals surface area contributed by atoms with E-state index in [1.165, 1.54) is 6.20 Å². The highest BCUT2D eigenvalue weighted by Gasteiger charge is 2.19. The molecule has 0 saturated heterocycles. The smallest absolute Gasteiger partial charge is 0.344 e. The van der Waals surface area contributed by atoms with Crippen LogP contribution in [0.2, 0.25) is 0 Å². The Hall–Kier alpha value is -2.30. The first-order valence-electron chi connectivity index (χ1n) is 5.62. The fourth-order valence-electron chi connectivity index (χ4n) is 1.64.